The van der Waals surface area contributed by atoms with Gasteiger partial charge in [-0.15, -0.1) is 0 Å². The van der Waals surface area contributed by atoms with Crippen molar-refractivity contribution < 1.29 is 0 Å². The molecule has 0 saturated heterocycles. The largest absolute Gasteiger partial charge is 0.277 e. The summed E-state index contributed by atoms with van der Waals surface area (Å²) >= 11 is 0. The van der Waals surface area contributed by atoms with Crippen LogP contribution in [-0.4, -0.2) is 15.2 Å². The third-order valence-corrected chi connectivity index (χ3v) is 2.67. The average molecular weight is 209 g/mol. The van der Waals surface area contributed by atoms with Gasteiger partial charge in [-0.25, -0.2) is 0 Å². The number of rotatable bonds is 1. The Bertz CT molecular complexity index is 626. The molecule has 2 aromatic heterocycles. The summed E-state index contributed by atoms with van der Waals surface area (Å²) in [5.41, 5.74) is 4.38. The van der Waals surface area contributed by atoms with E-state index in [1.54, 1.807) is 12.4 Å². The van der Waals surface area contributed by atoms with E-state index < -0.39 is 0 Å². The fraction of sp³-hybridized carbons (Fsp3) is 0.0769. The number of H-pyrrole nitrogens is 1. The number of pyridine rings is 1. The van der Waals surface area contributed by atoms with Crippen LogP contribution in [0.1, 0.15) is 5.56 Å². The molecule has 1 aromatic carbocycles. The van der Waals surface area contributed by atoms with Gasteiger partial charge in [0.2, 0.25) is 0 Å². The molecule has 0 bridgehead atoms. The first-order valence-corrected chi connectivity index (χ1v) is 5.20. The minimum Gasteiger partial charge on any atom is -0.277 e. The second kappa shape index (κ2) is 3.45. The molecule has 3 heteroatoms. The third-order valence-electron chi connectivity index (χ3n) is 2.67. The molecule has 3 rings (SSSR count). The third kappa shape index (κ3) is 1.37. The summed E-state index contributed by atoms with van der Waals surface area (Å²) in [5.74, 6) is 0. The summed E-state index contributed by atoms with van der Waals surface area (Å²) in [4.78, 5) is 4.01. The number of aryl methyl sites for hydroxylation is 1. The molecule has 0 radical (unpaired) electrons. The smallest absolute Gasteiger partial charge is 0.100 e. The Kier molecular flexibility index (Phi) is 1.96. The SMILES string of the molecule is Cc1ccc2[nH]nc(-c3ccncc3)c2c1. The standard InChI is InChI=1S/C13H11N3/c1-9-2-3-12-11(8-9)13(16-15-12)10-4-6-14-7-5-10/h2-8H,1H3,(H,15,16). The van der Waals surface area contributed by atoms with Crippen molar-refractivity contribution in [1.82, 2.24) is 15.2 Å². The Labute approximate surface area is 93.2 Å². The van der Waals surface area contributed by atoms with Crippen LogP contribution in [0.25, 0.3) is 22.2 Å². The van der Waals surface area contributed by atoms with Gasteiger partial charge in [-0.05, 0) is 31.2 Å². The number of hydrogen-bond acceptors (Lipinski definition) is 2. The van der Waals surface area contributed by atoms with Gasteiger partial charge in [0.15, 0.2) is 0 Å². The molecule has 3 nitrogen and oxygen atoms in total. The van der Waals surface area contributed by atoms with E-state index in [1.165, 1.54) is 5.56 Å². The summed E-state index contributed by atoms with van der Waals surface area (Å²) < 4.78 is 0. The second-order valence-corrected chi connectivity index (χ2v) is 3.86. The van der Waals surface area contributed by atoms with E-state index in [4.69, 9.17) is 0 Å². The number of aromatic nitrogens is 3. The Morgan fingerprint density at radius 3 is 2.69 bits per heavy atom. The zero-order chi connectivity index (χ0) is 11.0. The van der Waals surface area contributed by atoms with Crippen molar-refractivity contribution >= 4 is 10.9 Å². The lowest BCUT2D eigenvalue weighted by Gasteiger charge is -1.97. The van der Waals surface area contributed by atoms with Crippen LogP contribution in [0.5, 0.6) is 0 Å². The minimum atomic E-state index is 0.987. The molecule has 0 amide bonds. The normalized spacial score (nSPS) is 10.8. The van der Waals surface area contributed by atoms with E-state index in [2.05, 4.69) is 40.3 Å². The van der Waals surface area contributed by atoms with Crippen LogP contribution in [0, 0.1) is 6.92 Å². The topological polar surface area (TPSA) is 41.6 Å². The van der Waals surface area contributed by atoms with Crippen LogP contribution < -0.4 is 0 Å². The highest BCUT2D eigenvalue weighted by Gasteiger charge is 2.07. The molecule has 0 unspecified atom stereocenters. The van der Waals surface area contributed by atoms with Crippen LogP contribution in [0.15, 0.2) is 42.7 Å². The summed E-state index contributed by atoms with van der Waals surface area (Å²) in [5, 5.41) is 8.56. The monoisotopic (exact) mass is 209 g/mol. The van der Waals surface area contributed by atoms with E-state index in [0.717, 1.165) is 22.2 Å². The highest BCUT2D eigenvalue weighted by molar-refractivity contribution is 5.93. The summed E-state index contributed by atoms with van der Waals surface area (Å²) in [7, 11) is 0. The first-order chi connectivity index (χ1) is 7.84. The van der Waals surface area contributed by atoms with E-state index in [1.807, 2.05) is 12.1 Å². The fourth-order valence-electron chi connectivity index (χ4n) is 1.86. The quantitative estimate of drug-likeness (QED) is 0.669. The summed E-state index contributed by atoms with van der Waals surface area (Å²) in [6.45, 7) is 2.09. The summed E-state index contributed by atoms with van der Waals surface area (Å²) in [6, 6.07) is 10.2. The number of benzene rings is 1. The van der Waals surface area contributed by atoms with Gasteiger partial charge in [-0.2, -0.15) is 5.10 Å². The Balaban J connectivity index is 2.29. The molecule has 78 valence electrons. The maximum atomic E-state index is 4.35. The van der Waals surface area contributed by atoms with Crippen molar-refractivity contribution in [3.8, 4) is 11.3 Å². The maximum Gasteiger partial charge on any atom is 0.100 e. The molecular weight excluding hydrogens is 198 g/mol. The van der Waals surface area contributed by atoms with Gasteiger partial charge in [0, 0.05) is 23.3 Å². The molecule has 2 heterocycles. The number of nitrogens with one attached hydrogen (secondary N) is 1. The molecule has 0 fully saturated rings. The van der Waals surface area contributed by atoms with E-state index >= 15 is 0 Å². The van der Waals surface area contributed by atoms with Crippen molar-refractivity contribution in [2.24, 2.45) is 0 Å². The van der Waals surface area contributed by atoms with Crippen LogP contribution in [-0.2, 0) is 0 Å². The van der Waals surface area contributed by atoms with Crippen LogP contribution in [0.3, 0.4) is 0 Å². The van der Waals surface area contributed by atoms with Gasteiger partial charge in [-0.3, -0.25) is 10.1 Å². The predicted octanol–water partition coefficient (Wildman–Crippen LogP) is 2.93. The van der Waals surface area contributed by atoms with Crippen molar-refractivity contribution in [2.75, 3.05) is 0 Å². The molecule has 16 heavy (non-hydrogen) atoms. The number of hydrogen-bond donors (Lipinski definition) is 1. The van der Waals surface area contributed by atoms with Crippen LogP contribution in [0.2, 0.25) is 0 Å². The number of aromatic amines is 1. The zero-order valence-corrected chi connectivity index (χ0v) is 8.94. The minimum absolute atomic E-state index is 0.987. The lowest BCUT2D eigenvalue weighted by Crippen LogP contribution is -1.79. The number of fused-ring (bicyclic) bond motifs is 1. The average Bonchev–Trinajstić information content (AvgIpc) is 2.73. The van der Waals surface area contributed by atoms with Gasteiger partial charge < -0.3 is 0 Å². The van der Waals surface area contributed by atoms with Gasteiger partial charge in [0.05, 0.1) is 5.52 Å². The Hall–Kier alpha value is -2.16. The predicted molar refractivity (Wildman–Crippen MR) is 64.1 cm³/mol. The molecule has 0 saturated carbocycles. The van der Waals surface area contributed by atoms with E-state index in [0.29, 0.717) is 0 Å². The van der Waals surface area contributed by atoms with Gasteiger partial charge >= 0.3 is 0 Å². The first-order valence-electron chi connectivity index (χ1n) is 5.20. The van der Waals surface area contributed by atoms with Crippen molar-refractivity contribution in [1.29, 1.82) is 0 Å². The first kappa shape index (κ1) is 9.09. The van der Waals surface area contributed by atoms with Crippen molar-refractivity contribution in [3.63, 3.8) is 0 Å². The van der Waals surface area contributed by atoms with Crippen LogP contribution in [0.4, 0.5) is 0 Å². The van der Waals surface area contributed by atoms with E-state index in [9.17, 15) is 0 Å². The fourth-order valence-corrected chi connectivity index (χ4v) is 1.86. The van der Waals surface area contributed by atoms with Crippen LogP contribution >= 0.6 is 0 Å². The molecule has 0 spiro atoms. The number of nitrogens with zero attached hydrogens (tertiary/aromatic N) is 2. The highest BCUT2D eigenvalue weighted by atomic mass is 15.1. The maximum absolute atomic E-state index is 4.35. The van der Waals surface area contributed by atoms with Crippen molar-refractivity contribution in [2.45, 2.75) is 6.92 Å². The summed E-state index contributed by atoms with van der Waals surface area (Å²) in [6.07, 6.45) is 3.57. The molecule has 0 aliphatic heterocycles. The van der Waals surface area contributed by atoms with Crippen molar-refractivity contribution in [3.05, 3.63) is 48.3 Å². The molecule has 3 aromatic rings. The lowest BCUT2D eigenvalue weighted by molar-refractivity contribution is 1.12. The zero-order valence-electron chi connectivity index (χ0n) is 8.94. The van der Waals surface area contributed by atoms with E-state index in [-0.39, 0.29) is 0 Å². The van der Waals surface area contributed by atoms with Gasteiger partial charge in [-0.1, -0.05) is 11.6 Å². The second-order valence-electron chi connectivity index (χ2n) is 3.86. The molecular formula is C13H11N3. The van der Waals surface area contributed by atoms with Gasteiger partial charge in [0.25, 0.3) is 0 Å². The Morgan fingerprint density at radius 2 is 1.88 bits per heavy atom. The Morgan fingerprint density at radius 1 is 1.06 bits per heavy atom. The molecule has 0 aliphatic rings. The highest BCUT2D eigenvalue weighted by Crippen LogP contribution is 2.26. The lowest BCUT2D eigenvalue weighted by atomic mass is 10.1. The molecule has 0 atom stereocenters. The molecule has 0 aliphatic carbocycles. The molecule has 1 N–H and O–H groups in total. The van der Waals surface area contributed by atoms with Gasteiger partial charge in [0.1, 0.15) is 5.69 Å².